The van der Waals surface area contributed by atoms with Gasteiger partial charge in [-0.25, -0.2) is 0 Å². The van der Waals surface area contributed by atoms with Crippen molar-refractivity contribution in [1.82, 2.24) is 14.7 Å². The second kappa shape index (κ2) is 8.48. The summed E-state index contributed by atoms with van der Waals surface area (Å²) in [6, 6.07) is -1.47. The van der Waals surface area contributed by atoms with E-state index in [1.165, 1.54) is 4.90 Å². The summed E-state index contributed by atoms with van der Waals surface area (Å²) in [5.74, 6) is -2.18. The highest BCUT2D eigenvalue weighted by Gasteiger charge is 2.75. The van der Waals surface area contributed by atoms with Gasteiger partial charge in [0.05, 0.1) is 30.1 Å². The zero-order chi connectivity index (χ0) is 25.1. The molecular formula is C26H39N3O5. The summed E-state index contributed by atoms with van der Waals surface area (Å²) < 4.78 is 6.78. The summed E-state index contributed by atoms with van der Waals surface area (Å²) in [6.07, 6.45) is 8.91. The average molecular weight is 474 g/mol. The van der Waals surface area contributed by atoms with Crippen molar-refractivity contribution in [1.29, 1.82) is 0 Å². The Morgan fingerprint density at radius 1 is 1.06 bits per heavy atom. The zero-order valence-corrected chi connectivity index (χ0v) is 21.3. The number of likely N-dealkylation sites (tertiary alicyclic amines) is 1. The molecule has 4 heterocycles. The number of hydrogen-bond donors (Lipinski definition) is 1. The average Bonchev–Trinajstić information content (AvgIpc) is 3.02. The summed E-state index contributed by atoms with van der Waals surface area (Å²) in [7, 11) is 0. The number of nitrogens with zero attached hydrogens (tertiary/aromatic N) is 3. The lowest BCUT2D eigenvalue weighted by Crippen LogP contribution is -2.61. The van der Waals surface area contributed by atoms with Crippen LogP contribution in [-0.4, -0.2) is 92.6 Å². The normalized spacial score (nSPS) is 36.4. The second-order valence-corrected chi connectivity index (χ2v) is 11.2. The molecule has 0 bridgehead atoms. The Labute approximate surface area is 202 Å². The molecule has 4 aliphatic heterocycles. The third-order valence-corrected chi connectivity index (χ3v) is 7.96. The van der Waals surface area contributed by atoms with Crippen LogP contribution in [0.25, 0.3) is 0 Å². The molecule has 188 valence electrons. The minimum Gasteiger partial charge on any atom is -0.394 e. The van der Waals surface area contributed by atoms with Gasteiger partial charge >= 0.3 is 0 Å². The van der Waals surface area contributed by atoms with Gasteiger partial charge in [0.25, 0.3) is 0 Å². The minimum atomic E-state index is -1.27. The maximum absolute atomic E-state index is 14.2. The van der Waals surface area contributed by atoms with E-state index >= 15 is 0 Å². The van der Waals surface area contributed by atoms with Crippen molar-refractivity contribution in [2.75, 3.05) is 26.2 Å². The third kappa shape index (κ3) is 3.44. The van der Waals surface area contributed by atoms with Crippen LogP contribution in [0.5, 0.6) is 0 Å². The Hall–Kier alpha value is -2.19. The predicted octanol–water partition coefficient (Wildman–Crippen LogP) is 1.73. The van der Waals surface area contributed by atoms with Crippen molar-refractivity contribution in [3.8, 4) is 0 Å². The topological polar surface area (TPSA) is 90.4 Å². The van der Waals surface area contributed by atoms with Gasteiger partial charge in [-0.05, 0) is 40.5 Å². The van der Waals surface area contributed by atoms with Crippen LogP contribution in [0.15, 0.2) is 24.3 Å². The van der Waals surface area contributed by atoms with Crippen LogP contribution in [0.1, 0.15) is 54.4 Å². The summed E-state index contributed by atoms with van der Waals surface area (Å²) in [5, 5.41) is 10.2. The Morgan fingerprint density at radius 3 is 2.32 bits per heavy atom. The number of carbonyl (C=O) groups excluding carboxylic acids is 3. The molecule has 1 unspecified atom stereocenters. The van der Waals surface area contributed by atoms with E-state index < -0.39 is 40.7 Å². The van der Waals surface area contributed by atoms with Gasteiger partial charge in [-0.15, -0.1) is 0 Å². The van der Waals surface area contributed by atoms with Crippen LogP contribution in [0, 0.1) is 11.8 Å². The van der Waals surface area contributed by atoms with Crippen molar-refractivity contribution in [2.45, 2.75) is 83.2 Å². The van der Waals surface area contributed by atoms with Crippen LogP contribution < -0.4 is 0 Å². The molecule has 4 aliphatic rings. The summed E-state index contributed by atoms with van der Waals surface area (Å²) >= 11 is 0. The predicted molar refractivity (Wildman–Crippen MR) is 128 cm³/mol. The first-order valence-corrected chi connectivity index (χ1v) is 12.6. The highest BCUT2D eigenvalue weighted by molar-refractivity contribution is 6.00. The van der Waals surface area contributed by atoms with Crippen molar-refractivity contribution < 1.29 is 24.2 Å². The van der Waals surface area contributed by atoms with Gasteiger partial charge in [0.2, 0.25) is 17.7 Å². The Kier molecular flexibility index (Phi) is 6.22. The summed E-state index contributed by atoms with van der Waals surface area (Å²) in [4.78, 5) is 47.3. The molecule has 0 radical (unpaired) electrons. The lowest BCUT2D eigenvalue weighted by molar-refractivity contribution is -0.158. The number of fused-ring (bicyclic) bond motifs is 2. The highest BCUT2D eigenvalue weighted by atomic mass is 16.5. The fraction of sp³-hybridized carbons (Fsp3) is 0.731. The van der Waals surface area contributed by atoms with Gasteiger partial charge in [-0.3, -0.25) is 14.4 Å². The maximum atomic E-state index is 14.2. The number of aliphatic hydroxyl groups is 1. The van der Waals surface area contributed by atoms with E-state index in [-0.39, 0.29) is 24.3 Å². The Morgan fingerprint density at radius 2 is 1.74 bits per heavy atom. The zero-order valence-electron chi connectivity index (χ0n) is 21.3. The standard InChI is InChI=1S/C26H39N3O5/c1-7-13-27-14-9-11-25(6)18(21(27)31)19-22(32)29(17(8-2)16-30)20-23(33)28(24(3,4)5)15-10-12-26(19,20)34-25/h9-12,17-20,30H,7-8,13-16H2,1-6H3/t17-,18+,19-,20?,25-,26-/m0/s1. The first-order valence-electron chi connectivity index (χ1n) is 12.6. The third-order valence-electron chi connectivity index (χ3n) is 7.96. The summed E-state index contributed by atoms with van der Waals surface area (Å²) in [5.41, 5.74) is -2.75. The van der Waals surface area contributed by atoms with Crippen molar-refractivity contribution in [3.63, 3.8) is 0 Å². The van der Waals surface area contributed by atoms with Crippen molar-refractivity contribution in [2.24, 2.45) is 11.8 Å². The number of hydrogen-bond acceptors (Lipinski definition) is 5. The molecule has 0 aromatic heterocycles. The largest absolute Gasteiger partial charge is 0.394 e. The fourth-order valence-electron chi connectivity index (χ4n) is 6.39. The van der Waals surface area contributed by atoms with E-state index in [2.05, 4.69) is 0 Å². The maximum Gasteiger partial charge on any atom is 0.249 e. The molecule has 2 saturated heterocycles. The van der Waals surface area contributed by atoms with Crippen LogP contribution in [0.4, 0.5) is 0 Å². The molecule has 6 atom stereocenters. The van der Waals surface area contributed by atoms with Crippen molar-refractivity contribution in [3.05, 3.63) is 24.3 Å². The van der Waals surface area contributed by atoms with E-state index in [0.29, 0.717) is 26.1 Å². The van der Waals surface area contributed by atoms with Crippen molar-refractivity contribution >= 4 is 17.7 Å². The van der Waals surface area contributed by atoms with Crippen LogP contribution in [0.3, 0.4) is 0 Å². The number of ether oxygens (including phenoxy) is 1. The molecule has 0 aliphatic carbocycles. The molecule has 3 amide bonds. The van der Waals surface area contributed by atoms with Gasteiger partial charge in [-0.1, -0.05) is 38.2 Å². The molecule has 8 heteroatoms. The van der Waals surface area contributed by atoms with Gasteiger partial charge in [0.1, 0.15) is 11.6 Å². The Balaban J connectivity index is 1.91. The SMILES string of the molecule is CCCN1CC=C[C@]2(C)O[C@]34C=CCN(C(C)(C)C)C(=O)C3N([C@@H](CC)CO)C(=O)[C@@H]4[C@@H]2C1=O. The minimum absolute atomic E-state index is 0.111. The van der Waals surface area contributed by atoms with Gasteiger partial charge in [-0.2, -0.15) is 0 Å². The van der Waals surface area contributed by atoms with Crippen LogP contribution in [-0.2, 0) is 19.1 Å². The fourth-order valence-corrected chi connectivity index (χ4v) is 6.39. The van der Waals surface area contributed by atoms with E-state index in [1.807, 2.05) is 65.8 Å². The number of amides is 3. The first kappa shape index (κ1) is 24.9. The monoisotopic (exact) mass is 473 g/mol. The molecule has 8 nitrogen and oxygen atoms in total. The first-order chi connectivity index (χ1) is 16.0. The molecule has 0 aromatic carbocycles. The molecule has 2 fully saturated rings. The van der Waals surface area contributed by atoms with Gasteiger partial charge in [0.15, 0.2) is 0 Å². The molecule has 4 rings (SSSR count). The second-order valence-electron chi connectivity index (χ2n) is 11.2. The Bertz CT molecular complexity index is 920. The number of carbonyl (C=O) groups is 3. The van der Waals surface area contributed by atoms with E-state index in [1.54, 1.807) is 9.80 Å². The lowest BCUT2D eigenvalue weighted by atomic mass is 9.74. The number of rotatable bonds is 5. The van der Waals surface area contributed by atoms with Crippen LogP contribution in [0.2, 0.25) is 0 Å². The van der Waals surface area contributed by atoms with Crippen LogP contribution >= 0.6 is 0 Å². The van der Waals surface area contributed by atoms with E-state index in [4.69, 9.17) is 4.74 Å². The highest BCUT2D eigenvalue weighted by Crippen LogP contribution is 2.58. The molecule has 1 spiro atoms. The van der Waals surface area contributed by atoms with Gasteiger partial charge < -0.3 is 24.5 Å². The smallest absolute Gasteiger partial charge is 0.249 e. The lowest BCUT2D eigenvalue weighted by Gasteiger charge is -2.42. The summed E-state index contributed by atoms with van der Waals surface area (Å²) in [6.45, 7) is 12.9. The molecular weight excluding hydrogens is 434 g/mol. The molecule has 0 aromatic rings. The molecule has 34 heavy (non-hydrogen) atoms. The van der Waals surface area contributed by atoms with Gasteiger partial charge in [0, 0.05) is 25.2 Å². The molecule has 0 saturated carbocycles. The van der Waals surface area contributed by atoms with E-state index in [9.17, 15) is 19.5 Å². The number of aliphatic hydroxyl groups excluding tert-OH is 1. The molecule has 1 N–H and O–H groups in total. The van der Waals surface area contributed by atoms with E-state index in [0.717, 1.165) is 6.42 Å². The quantitative estimate of drug-likeness (QED) is 0.615.